The highest BCUT2D eigenvalue weighted by Gasteiger charge is 2.30. The van der Waals surface area contributed by atoms with Crippen LogP contribution in [0.4, 0.5) is 13.2 Å². The Morgan fingerprint density at radius 2 is 1.64 bits per heavy atom. The molecule has 1 aliphatic rings. The van der Waals surface area contributed by atoms with E-state index in [2.05, 4.69) is 53.3 Å². The monoisotopic (exact) mass is 471 g/mol. The number of halogens is 3. The van der Waals surface area contributed by atoms with E-state index in [9.17, 15) is 13.2 Å². The van der Waals surface area contributed by atoms with Crippen molar-refractivity contribution in [2.24, 2.45) is 10.9 Å². The molecule has 1 fully saturated rings. The zero-order valence-corrected chi connectivity index (χ0v) is 21.8. The van der Waals surface area contributed by atoms with Gasteiger partial charge < -0.3 is 9.64 Å². The molecule has 0 N–H and O–H groups in total. The lowest BCUT2D eigenvalue weighted by Gasteiger charge is -2.36. The van der Waals surface area contributed by atoms with Crippen LogP contribution in [0.1, 0.15) is 59.9 Å². The number of hydrogen-bond donors (Lipinski definition) is 0. The van der Waals surface area contributed by atoms with Crippen molar-refractivity contribution in [3.05, 3.63) is 41.5 Å². The molecule has 0 radical (unpaired) electrons. The average molecular weight is 472 g/mol. The zero-order valence-electron chi connectivity index (χ0n) is 21.8. The number of hydrogen-bond acceptors (Lipinski definition) is 3. The van der Waals surface area contributed by atoms with Gasteiger partial charge in [0, 0.05) is 33.2 Å². The fourth-order valence-corrected chi connectivity index (χ4v) is 3.22. The number of amidine groups is 1. The summed E-state index contributed by atoms with van der Waals surface area (Å²) in [7, 11) is 1.91. The van der Waals surface area contributed by atoms with E-state index in [4.69, 9.17) is 0 Å². The third-order valence-electron chi connectivity index (χ3n) is 5.47. The molecule has 1 heterocycles. The summed E-state index contributed by atoms with van der Waals surface area (Å²) in [6, 6.07) is 5.67. The van der Waals surface area contributed by atoms with Gasteiger partial charge in [0.25, 0.3) is 0 Å². The third-order valence-corrected chi connectivity index (χ3v) is 5.47. The first-order valence-corrected chi connectivity index (χ1v) is 12.0. The lowest BCUT2D eigenvalue weighted by molar-refractivity contribution is -0.274. The minimum atomic E-state index is -4.60. The Bertz CT molecular complexity index is 692. The molecule has 1 aromatic carbocycles. The molecule has 1 aromatic rings. The van der Waals surface area contributed by atoms with Crippen molar-refractivity contribution in [3.8, 4) is 5.75 Å². The van der Waals surface area contributed by atoms with Crippen LogP contribution in [-0.2, 0) is 0 Å². The Labute approximate surface area is 199 Å². The number of rotatable bonds is 6. The summed E-state index contributed by atoms with van der Waals surface area (Å²) in [5.74, 6) is 1.63. The normalized spacial score (nSPS) is 16.3. The van der Waals surface area contributed by atoms with Gasteiger partial charge in [-0.3, -0.25) is 9.89 Å². The second-order valence-electron chi connectivity index (χ2n) is 7.97. The molecule has 1 unspecified atom stereocenters. The predicted octanol–water partition coefficient (Wildman–Crippen LogP) is 6.95. The molecule has 1 saturated heterocycles. The number of benzene rings is 1. The van der Waals surface area contributed by atoms with Crippen LogP contribution in [0.5, 0.6) is 5.75 Å². The Balaban J connectivity index is 0.000000627. The minimum absolute atomic E-state index is 0.187. The van der Waals surface area contributed by atoms with E-state index in [1.54, 1.807) is 19.1 Å². The molecule has 0 saturated carbocycles. The fourth-order valence-electron chi connectivity index (χ4n) is 3.22. The van der Waals surface area contributed by atoms with E-state index in [1.807, 2.05) is 20.9 Å². The summed E-state index contributed by atoms with van der Waals surface area (Å²) < 4.78 is 38.5. The minimum Gasteiger partial charge on any atom is -0.406 e. The summed E-state index contributed by atoms with van der Waals surface area (Å²) >= 11 is 0. The summed E-state index contributed by atoms with van der Waals surface area (Å²) in [4.78, 5) is 9.47. The molecular weight excluding hydrogens is 427 g/mol. The Kier molecular flexibility index (Phi) is 15.6. The molecular formula is C26H44F3N3O. The predicted molar refractivity (Wildman–Crippen MR) is 134 cm³/mol. The molecule has 0 spiro atoms. The molecule has 7 heteroatoms. The molecule has 0 amide bonds. The van der Waals surface area contributed by atoms with Gasteiger partial charge in [-0.2, -0.15) is 0 Å². The van der Waals surface area contributed by atoms with Gasteiger partial charge in [-0.1, -0.05) is 57.9 Å². The van der Waals surface area contributed by atoms with E-state index >= 15 is 0 Å². The molecule has 33 heavy (non-hydrogen) atoms. The molecule has 0 bridgehead atoms. The van der Waals surface area contributed by atoms with Crippen LogP contribution in [-0.4, -0.2) is 61.8 Å². The summed E-state index contributed by atoms with van der Waals surface area (Å²) in [6.07, 6.45) is 0.129. The highest BCUT2D eigenvalue weighted by molar-refractivity contribution is 5.93. The second kappa shape index (κ2) is 16.6. The lowest BCUT2D eigenvalue weighted by Crippen LogP contribution is -2.48. The Morgan fingerprint density at radius 3 is 2.06 bits per heavy atom. The van der Waals surface area contributed by atoms with Gasteiger partial charge in [0.1, 0.15) is 11.6 Å². The Hall–Kier alpha value is -2.02. The SMILES string of the molecule is CC.CCCN1CCN(C(/C=C(/C)C(C)CC)=NC)CC1.Cc1ccc(OC(F)(F)F)cc1. The van der Waals surface area contributed by atoms with Gasteiger partial charge in [-0.05, 0) is 57.4 Å². The molecule has 1 atom stereocenters. The van der Waals surface area contributed by atoms with E-state index in [0.717, 1.165) is 24.5 Å². The van der Waals surface area contributed by atoms with Gasteiger partial charge in [0.05, 0.1) is 0 Å². The van der Waals surface area contributed by atoms with E-state index < -0.39 is 6.36 Å². The maximum Gasteiger partial charge on any atom is 0.573 e. The van der Waals surface area contributed by atoms with Crippen LogP contribution in [0.15, 0.2) is 40.9 Å². The van der Waals surface area contributed by atoms with Crippen LogP contribution in [0.25, 0.3) is 0 Å². The van der Waals surface area contributed by atoms with E-state index in [-0.39, 0.29) is 5.75 Å². The summed E-state index contributed by atoms with van der Waals surface area (Å²) in [5, 5.41) is 0. The molecule has 4 nitrogen and oxygen atoms in total. The van der Waals surface area contributed by atoms with E-state index in [1.165, 1.54) is 50.2 Å². The van der Waals surface area contributed by atoms with Gasteiger partial charge in [-0.25, -0.2) is 0 Å². The van der Waals surface area contributed by atoms with E-state index in [0.29, 0.717) is 5.92 Å². The first-order valence-electron chi connectivity index (χ1n) is 12.0. The molecule has 0 aromatic heterocycles. The van der Waals surface area contributed by atoms with Crippen LogP contribution in [0, 0.1) is 12.8 Å². The van der Waals surface area contributed by atoms with Crippen molar-refractivity contribution in [1.82, 2.24) is 9.80 Å². The number of aryl methyl sites for hydroxylation is 1. The fraction of sp³-hybridized carbons (Fsp3) is 0.654. The topological polar surface area (TPSA) is 28.1 Å². The van der Waals surface area contributed by atoms with Crippen molar-refractivity contribution in [1.29, 1.82) is 0 Å². The first kappa shape index (κ1) is 31.0. The quantitative estimate of drug-likeness (QED) is 0.332. The highest BCUT2D eigenvalue weighted by Crippen LogP contribution is 2.22. The van der Waals surface area contributed by atoms with Crippen LogP contribution in [0.2, 0.25) is 0 Å². The first-order chi connectivity index (χ1) is 15.6. The molecule has 2 rings (SSSR count). The van der Waals surface area contributed by atoms with Gasteiger partial charge in [-0.15, -0.1) is 13.2 Å². The summed E-state index contributed by atoms with van der Waals surface area (Å²) in [5.41, 5.74) is 2.34. The van der Waals surface area contributed by atoms with Crippen molar-refractivity contribution in [2.45, 2.75) is 67.7 Å². The summed E-state index contributed by atoms with van der Waals surface area (Å²) in [6.45, 7) is 20.6. The number of alkyl halides is 3. The molecule has 1 aliphatic heterocycles. The average Bonchev–Trinajstić information content (AvgIpc) is 2.80. The smallest absolute Gasteiger partial charge is 0.406 e. The van der Waals surface area contributed by atoms with Gasteiger partial charge in [0.15, 0.2) is 0 Å². The standard InChI is InChI=1S/C16H31N3.C8H7F3O.C2H6/c1-6-8-18-9-11-19(12-10-18)16(17-5)13-15(4)14(3)7-2;1-6-2-4-7(5-3-6)12-8(9,10)11;1-2/h13-14H,6-12H2,1-5H3;2-5H,1H3;1-2H3/b15-13-,17-16?;;. The van der Waals surface area contributed by atoms with Crippen LogP contribution < -0.4 is 4.74 Å². The van der Waals surface area contributed by atoms with Crippen molar-refractivity contribution in [3.63, 3.8) is 0 Å². The zero-order chi connectivity index (χ0) is 25.4. The third kappa shape index (κ3) is 13.3. The number of piperazine rings is 1. The maximum atomic E-state index is 11.6. The lowest BCUT2D eigenvalue weighted by atomic mass is 9.99. The molecule has 190 valence electrons. The number of nitrogens with zero attached hydrogens (tertiary/aromatic N) is 3. The largest absolute Gasteiger partial charge is 0.573 e. The van der Waals surface area contributed by atoms with Crippen molar-refractivity contribution >= 4 is 5.84 Å². The maximum absolute atomic E-state index is 11.6. The number of ether oxygens (including phenoxy) is 1. The molecule has 0 aliphatic carbocycles. The van der Waals surface area contributed by atoms with Crippen molar-refractivity contribution in [2.75, 3.05) is 39.8 Å². The number of allylic oxidation sites excluding steroid dienone is 1. The van der Waals surface area contributed by atoms with Crippen LogP contribution >= 0.6 is 0 Å². The number of aliphatic imine (C=N–C) groups is 1. The second-order valence-corrected chi connectivity index (χ2v) is 7.97. The van der Waals surface area contributed by atoms with Gasteiger partial charge >= 0.3 is 6.36 Å². The van der Waals surface area contributed by atoms with Gasteiger partial charge in [0.2, 0.25) is 0 Å². The van der Waals surface area contributed by atoms with Crippen molar-refractivity contribution < 1.29 is 17.9 Å². The Morgan fingerprint density at radius 1 is 1.09 bits per heavy atom. The van der Waals surface area contributed by atoms with Crippen LogP contribution in [0.3, 0.4) is 0 Å². The highest BCUT2D eigenvalue weighted by atomic mass is 19.4.